The molecule has 0 amide bonds. The van der Waals surface area contributed by atoms with Crippen LogP contribution in [0.4, 0.5) is 0 Å². The summed E-state index contributed by atoms with van der Waals surface area (Å²) >= 11 is 0. The number of benzene rings is 1. The van der Waals surface area contributed by atoms with Crippen molar-refractivity contribution in [3.8, 4) is 0 Å². The van der Waals surface area contributed by atoms with Crippen molar-refractivity contribution in [3.05, 3.63) is 35.4 Å². The highest BCUT2D eigenvalue weighted by Crippen LogP contribution is 2.44. The lowest BCUT2D eigenvalue weighted by atomic mass is 9.73. The second-order valence-corrected chi connectivity index (χ2v) is 6.82. The molecule has 0 aliphatic heterocycles. The molecule has 2 atom stereocenters. The predicted octanol–water partition coefficient (Wildman–Crippen LogP) is 4.84. The van der Waals surface area contributed by atoms with Crippen molar-refractivity contribution < 1.29 is 0 Å². The number of rotatable bonds is 4. The maximum absolute atomic E-state index is 3.44. The largest absolute Gasteiger partial charge is 0.319 e. The zero-order valence-electron chi connectivity index (χ0n) is 12.9. The van der Waals surface area contributed by atoms with Gasteiger partial charge < -0.3 is 5.32 Å². The van der Waals surface area contributed by atoms with Crippen LogP contribution in [0.2, 0.25) is 0 Å². The molecule has 1 aromatic carbocycles. The van der Waals surface area contributed by atoms with Crippen LogP contribution in [0.3, 0.4) is 0 Å². The van der Waals surface area contributed by atoms with Crippen LogP contribution < -0.4 is 5.32 Å². The van der Waals surface area contributed by atoms with Gasteiger partial charge in [0.05, 0.1) is 0 Å². The van der Waals surface area contributed by atoms with E-state index in [2.05, 4.69) is 36.6 Å². The maximum Gasteiger partial charge on any atom is -0.00177 e. The van der Waals surface area contributed by atoms with Crippen molar-refractivity contribution in [2.75, 3.05) is 13.6 Å². The molecule has 2 fully saturated rings. The van der Waals surface area contributed by atoms with Crippen molar-refractivity contribution in [1.82, 2.24) is 5.32 Å². The van der Waals surface area contributed by atoms with E-state index in [1.807, 2.05) is 0 Å². The molecule has 0 heterocycles. The first-order valence-electron chi connectivity index (χ1n) is 8.63. The number of hydrogen-bond acceptors (Lipinski definition) is 1. The molecule has 0 saturated heterocycles. The van der Waals surface area contributed by atoms with Crippen molar-refractivity contribution in [2.24, 2.45) is 5.92 Å². The van der Waals surface area contributed by atoms with E-state index in [-0.39, 0.29) is 0 Å². The Labute approximate surface area is 124 Å². The molecule has 2 saturated carbocycles. The SMILES string of the molecule is CNCC1CCCCCC1c1ccccc1C1CCC1. The average molecular weight is 271 g/mol. The van der Waals surface area contributed by atoms with Crippen molar-refractivity contribution in [2.45, 2.75) is 63.2 Å². The van der Waals surface area contributed by atoms with Crippen LogP contribution in [0.25, 0.3) is 0 Å². The topological polar surface area (TPSA) is 12.0 Å². The zero-order valence-corrected chi connectivity index (χ0v) is 12.9. The van der Waals surface area contributed by atoms with Crippen LogP contribution in [0.15, 0.2) is 24.3 Å². The highest BCUT2D eigenvalue weighted by molar-refractivity contribution is 5.35. The molecule has 2 aliphatic carbocycles. The van der Waals surface area contributed by atoms with E-state index in [1.165, 1.54) is 57.9 Å². The maximum atomic E-state index is 3.44. The summed E-state index contributed by atoms with van der Waals surface area (Å²) in [6.45, 7) is 1.18. The Morgan fingerprint density at radius 3 is 2.35 bits per heavy atom. The van der Waals surface area contributed by atoms with Crippen molar-refractivity contribution >= 4 is 0 Å². The van der Waals surface area contributed by atoms with Gasteiger partial charge in [-0.25, -0.2) is 0 Å². The van der Waals surface area contributed by atoms with Gasteiger partial charge in [-0.15, -0.1) is 0 Å². The molecule has 20 heavy (non-hydrogen) atoms. The summed E-state index contributed by atoms with van der Waals surface area (Å²) in [6, 6.07) is 9.37. The quantitative estimate of drug-likeness (QED) is 0.773. The van der Waals surface area contributed by atoms with Gasteiger partial charge in [0, 0.05) is 0 Å². The first kappa shape index (κ1) is 14.1. The predicted molar refractivity (Wildman–Crippen MR) is 86.3 cm³/mol. The Hall–Kier alpha value is -0.820. The van der Waals surface area contributed by atoms with E-state index in [9.17, 15) is 0 Å². The average Bonchev–Trinajstić information content (AvgIpc) is 2.64. The Balaban J connectivity index is 1.88. The monoisotopic (exact) mass is 271 g/mol. The fourth-order valence-electron chi connectivity index (χ4n) is 4.24. The molecular formula is C19H29N. The van der Waals surface area contributed by atoms with Gasteiger partial charge in [0.1, 0.15) is 0 Å². The molecule has 2 aliphatic rings. The normalized spacial score (nSPS) is 27.9. The Morgan fingerprint density at radius 2 is 1.65 bits per heavy atom. The molecule has 2 unspecified atom stereocenters. The fraction of sp³-hybridized carbons (Fsp3) is 0.684. The number of nitrogens with one attached hydrogen (secondary N) is 1. The van der Waals surface area contributed by atoms with Crippen LogP contribution >= 0.6 is 0 Å². The molecule has 1 aromatic rings. The summed E-state index contributed by atoms with van der Waals surface area (Å²) < 4.78 is 0. The fourth-order valence-corrected chi connectivity index (χ4v) is 4.24. The lowest BCUT2D eigenvalue weighted by Gasteiger charge is -2.33. The summed E-state index contributed by atoms with van der Waals surface area (Å²) in [5, 5.41) is 3.44. The third-order valence-electron chi connectivity index (χ3n) is 5.57. The van der Waals surface area contributed by atoms with Crippen molar-refractivity contribution in [1.29, 1.82) is 0 Å². The molecule has 0 spiro atoms. The molecule has 0 aromatic heterocycles. The van der Waals surface area contributed by atoms with Gasteiger partial charge in [0.15, 0.2) is 0 Å². The summed E-state index contributed by atoms with van der Waals surface area (Å²) in [4.78, 5) is 0. The molecule has 1 heteroatoms. The standard InChI is InChI=1S/C19H29N/c1-20-14-16-8-3-2-4-11-18(16)19-13-6-5-12-17(19)15-9-7-10-15/h5-6,12-13,15-16,18,20H,2-4,7-11,14H2,1H3. The van der Waals surface area contributed by atoms with Crippen LogP contribution in [0.1, 0.15) is 74.3 Å². The minimum atomic E-state index is 0.793. The zero-order chi connectivity index (χ0) is 13.8. The van der Waals surface area contributed by atoms with Gasteiger partial charge in [0.2, 0.25) is 0 Å². The van der Waals surface area contributed by atoms with E-state index in [0.717, 1.165) is 17.8 Å². The highest BCUT2D eigenvalue weighted by Gasteiger charge is 2.29. The summed E-state index contributed by atoms with van der Waals surface area (Å²) in [5.41, 5.74) is 3.38. The Kier molecular flexibility index (Phi) is 4.77. The van der Waals surface area contributed by atoms with Gasteiger partial charge in [-0.1, -0.05) is 49.9 Å². The van der Waals surface area contributed by atoms with E-state index in [0.29, 0.717) is 0 Å². The van der Waals surface area contributed by atoms with Crippen LogP contribution in [-0.2, 0) is 0 Å². The Morgan fingerprint density at radius 1 is 0.900 bits per heavy atom. The van der Waals surface area contributed by atoms with Gasteiger partial charge in [-0.05, 0) is 68.2 Å². The van der Waals surface area contributed by atoms with E-state index in [1.54, 1.807) is 11.1 Å². The number of hydrogen-bond donors (Lipinski definition) is 1. The summed E-state index contributed by atoms with van der Waals surface area (Å²) in [6.07, 6.45) is 11.4. The van der Waals surface area contributed by atoms with Gasteiger partial charge in [0.25, 0.3) is 0 Å². The second-order valence-electron chi connectivity index (χ2n) is 6.82. The molecule has 0 bridgehead atoms. The molecule has 3 rings (SSSR count). The molecule has 110 valence electrons. The molecule has 1 N–H and O–H groups in total. The lowest BCUT2D eigenvalue weighted by Crippen LogP contribution is -2.25. The molecule has 0 radical (unpaired) electrons. The van der Waals surface area contributed by atoms with Crippen molar-refractivity contribution in [3.63, 3.8) is 0 Å². The molecule has 1 nitrogen and oxygen atoms in total. The van der Waals surface area contributed by atoms with Gasteiger partial charge in [-0.2, -0.15) is 0 Å². The van der Waals surface area contributed by atoms with Crippen LogP contribution in [0, 0.1) is 5.92 Å². The van der Waals surface area contributed by atoms with E-state index < -0.39 is 0 Å². The third kappa shape index (κ3) is 2.93. The second kappa shape index (κ2) is 6.76. The summed E-state index contributed by atoms with van der Waals surface area (Å²) in [5.74, 6) is 2.50. The first-order valence-corrected chi connectivity index (χ1v) is 8.63. The lowest BCUT2D eigenvalue weighted by molar-refractivity contribution is 0.371. The first-order chi connectivity index (χ1) is 9.90. The highest BCUT2D eigenvalue weighted by atomic mass is 14.8. The van der Waals surface area contributed by atoms with Gasteiger partial charge >= 0.3 is 0 Å². The van der Waals surface area contributed by atoms with Crippen LogP contribution in [-0.4, -0.2) is 13.6 Å². The third-order valence-corrected chi connectivity index (χ3v) is 5.57. The minimum absolute atomic E-state index is 0.793. The smallest absolute Gasteiger partial charge is 0.00177 e. The Bertz CT molecular complexity index is 422. The minimum Gasteiger partial charge on any atom is -0.319 e. The van der Waals surface area contributed by atoms with E-state index >= 15 is 0 Å². The van der Waals surface area contributed by atoms with Crippen LogP contribution in [0.5, 0.6) is 0 Å². The van der Waals surface area contributed by atoms with Gasteiger partial charge in [-0.3, -0.25) is 0 Å². The molecular weight excluding hydrogens is 242 g/mol. The summed E-state index contributed by atoms with van der Waals surface area (Å²) in [7, 11) is 2.11. The van der Waals surface area contributed by atoms with E-state index in [4.69, 9.17) is 0 Å².